The van der Waals surface area contributed by atoms with E-state index in [4.69, 9.17) is 0 Å². The van der Waals surface area contributed by atoms with Gasteiger partial charge in [0.15, 0.2) is 0 Å². The number of nitrogens with zero attached hydrogens (tertiary/aromatic N) is 1. The normalized spacial score (nSPS) is 26.2. The van der Waals surface area contributed by atoms with Gasteiger partial charge in [-0.25, -0.2) is 0 Å². The molecule has 0 aliphatic heterocycles. The molecular weight excluding hydrogens is 220 g/mol. The molecule has 1 atom stereocenters. The molecule has 0 heterocycles. The van der Waals surface area contributed by atoms with Crippen LogP contribution in [0.3, 0.4) is 0 Å². The molecule has 0 aromatic heterocycles. The zero-order valence-electron chi connectivity index (χ0n) is 11.9. The SMILES string of the molecule is CNC1CCC(N(C)C(C)c2ccccc2)CC1. The smallest absolute Gasteiger partial charge is 0.0319 e. The molecule has 1 aromatic rings. The minimum absolute atomic E-state index is 0.516. The van der Waals surface area contributed by atoms with Gasteiger partial charge in [0.25, 0.3) is 0 Å². The molecule has 1 saturated carbocycles. The highest BCUT2D eigenvalue weighted by atomic mass is 15.2. The van der Waals surface area contributed by atoms with E-state index < -0.39 is 0 Å². The second-order valence-electron chi connectivity index (χ2n) is 5.55. The summed E-state index contributed by atoms with van der Waals surface area (Å²) in [6.07, 6.45) is 5.26. The number of benzene rings is 1. The highest BCUT2D eigenvalue weighted by molar-refractivity contribution is 5.18. The molecule has 2 heteroatoms. The van der Waals surface area contributed by atoms with E-state index in [9.17, 15) is 0 Å². The second kappa shape index (κ2) is 6.35. The van der Waals surface area contributed by atoms with Gasteiger partial charge in [0, 0.05) is 18.1 Å². The van der Waals surface area contributed by atoms with E-state index in [0.717, 1.165) is 12.1 Å². The summed E-state index contributed by atoms with van der Waals surface area (Å²) in [5, 5.41) is 3.41. The zero-order valence-corrected chi connectivity index (χ0v) is 11.9. The molecular formula is C16H26N2. The standard InChI is InChI=1S/C16H26N2/c1-13(14-7-5-4-6-8-14)18(3)16-11-9-15(17-2)10-12-16/h4-8,13,15-17H,9-12H2,1-3H3. The van der Waals surface area contributed by atoms with Crippen LogP contribution in [0.2, 0.25) is 0 Å². The molecule has 1 aromatic carbocycles. The molecule has 1 aliphatic carbocycles. The fraction of sp³-hybridized carbons (Fsp3) is 0.625. The maximum absolute atomic E-state index is 3.41. The minimum atomic E-state index is 0.516. The minimum Gasteiger partial charge on any atom is -0.317 e. The first-order valence-corrected chi connectivity index (χ1v) is 7.16. The predicted molar refractivity (Wildman–Crippen MR) is 77.7 cm³/mol. The molecule has 1 N–H and O–H groups in total. The van der Waals surface area contributed by atoms with E-state index >= 15 is 0 Å². The largest absolute Gasteiger partial charge is 0.317 e. The van der Waals surface area contributed by atoms with Crippen LogP contribution in [0.5, 0.6) is 0 Å². The Morgan fingerprint density at radius 3 is 2.28 bits per heavy atom. The van der Waals surface area contributed by atoms with Crippen molar-refractivity contribution in [2.75, 3.05) is 14.1 Å². The lowest BCUT2D eigenvalue weighted by molar-refractivity contribution is 0.136. The van der Waals surface area contributed by atoms with Gasteiger partial charge in [-0.05, 0) is 52.3 Å². The average molecular weight is 246 g/mol. The lowest BCUT2D eigenvalue weighted by atomic mass is 9.89. The molecule has 0 radical (unpaired) electrons. The van der Waals surface area contributed by atoms with Gasteiger partial charge in [0.05, 0.1) is 0 Å². The third-order valence-corrected chi connectivity index (χ3v) is 4.57. The lowest BCUT2D eigenvalue weighted by Gasteiger charge is -2.38. The summed E-state index contributed by atoms with van der Waals surface area (Å²) in [4.78, 5) is 2.56. The quantitative estimate of drug-likeness (QED) is 0.877. The van der Waals surface area contributed by atoms with E-state index in [1.54, 1.807) is 0 Å². The Kier molecular flexibility index (Phi) is 4.79. The first kappa shape index (κ1) is 13.6. The van der Waals surface area contributed by atoms with Crippen molar-refractivity contribution in [3.8, 4) is 0 Å². The molecule has 0 spiro atoms. The van der Waals surface area contributed by atoms with Crippen LogP contribution in [-0.4, -0.2) is 31.1 Å². The topological polar surface area (TPSA) is 15.3 Å². The van der Waals surface area contributed by atoms with E-state index in [1.807, 2.05) is 0 Å². The maximum atomic E-state index is 3.41. The van der Waals surface area contributed by atoms with Crippen molar-refractivity contribution in [1.29, 1.82) is 0 Å². The summed E-state index contributed by atoms with van der Waals surface area (Å²) >= 11 is 0. The van der Waals surface area contributed by atoms with Crippen molar-refractivity contribution in [1.82, 2.24) is 10.2 Å². The highest BCUT2D eigenvalue weighted by Gasteiger charge is 2.25. The molecule has 100 valence electrons. The molecule has 1 aliphatic rings. The van der Waals surface area contributed by atoms with Crippen molar-refractivity contribution in [3.05, 3.63) is 35.9 Å². The fourth-order valence-corrected chi connectivity index (χ4v) is 3.05. The van der Waals surface area contributed by atoms with Crippen LogP contribution in [0, 0.1) is 0 Å². The summed E-state index contributed by atoms with van der Waals surface area (Å²) in [6, 6.07) is 12.8. The Morgan fingerprint density at radius 1 is 1.11 bits per heavy atom. The van der Waals surface area contributed by atoms with E-state index in [1.165, 1.54) is 31.2 Å². The zero-order chi connectivity index (χ0) is 13.0. The van der Waals surface area contributed by atoms with Gasteiger partial charge in [-0.3, -0.25) is 4.90 Å². The van der Waals surface area contributed by atoms with Gasteiger partial charge in [0.1, 0.15) is 0 Å². The summed E-state index contributed by atoms with van der Waals surface area (Å²) in [7, 11) is 4.36. The number of nitrogens with one attached hydrogen (secondary N) is 1. The second-order valence-corrected chi connectivity index (χ2v) is 5.55. The summed E-state index contributed by atoms with van der Waals surface area (Å²) in [6.45, 7) is 2.32. The lowest BCUT2D eigenvalue weighted by Crippen LogP contribution is -2.40. The van der Waals surface area contributed by atoms with Crippen LogP contribution >= 0.6 is 0 Å². The molecule has 0 saturated heterocycles. The van der Waals surface area contributed by atoms with Crippen LogP contribution < -0.4 is 5.32 Å². The van der Waals surface area contributed by atoms with Gasteiger partial charge >= 0.3 is 0 Å². The van der Waals surface area contributed by atoms with E-state index in [2.05, 4.69) is 61.6 Å². The van der Waals surface area contributed by atoms with Gasteiger partial charge < -0.3 is 5.32 Å². The van der Waals surface area contributed by atoms with Crippen molar-refractivity contribution in [2.45, 2.75) is 50.7 Å². The Labute approximate surface area is 111 Å². The predicted octanol–water partition coefficient (Wildman–Crippen LogP) is 3.21. The van der Waals surface area contributed by atoms with Gasteiger partial charge in [0.2, 0.25) is 0 Å². The molecule has 1 unspecified atom stereocenters. The van der Waals surface area contributed by atoms with Gasteiger partial charge in [-0.2, -0.15) is 0 Å². The van der Waals surface area contributed by atoms with Crippen molar-refractivity contribution < 1.29 is 0 Å². The van der Waals surface area contributed by atoms with Crippen LogP contribution in [0.4, 0.5) is 0 Å². The van der Waals surface area contributed by atoms with Crippen LogP contribution in [0.1, 0.15) is 44.2 Å². The molecule has 0 amide bonds. The fourth-order valence-electron chi connectivity index (χ4n) is 3.05. The third-order valence-electron chi connectivity index (χ3n) is 4.57. The summed E-state index contributed by atoms with van der Waals surface area (Å²) in [5.41, 5.74) is 1.43. The Bertz CT molecular complexity index is 341. The Hall–Kier alpha value is -0.860. The van der Waals surface area contributed by atoms with Crippen LogP contribution in [-0.2, 0) is 0 Å². The van der Waals surface area contributed by atoms with Crippen LogP contribution in [0.15, 0.2) is 30.3 Å². The van der Waals surface area contributed by atoms with Gasteiger partial charge in [-0.1, -0.05) is 30.3 Å². The molecule has 2 rings (SSSR count). The van der Waals surface area contributed by atoms with Crippen LogP contribution in [0.25, 0.3) is 0 Å². The highest BCUT2D eigenvalue weighted by Crippen LogP contribution is 2.28. The molecule has 0 bridgehead atoms. The number of rotatable bonds is 4. The average Bonchev–Trinajstić information content (AvgIpc) is 2.47. The Balaban J connectivity index is 1.93. The van der Waals surface area contributed by atoms with Gasteiger partial charge in [-0.15, -0.1) is 0 Å². The first-order chi connectivity index (χ1) is 8.72. The van der Waals surface area contributed by atoms with Crippen molar-refractivity contribution in [2.24, 2.45) is 0 Å². The molecule has 18 heavy (non-hydrogen) atoms. The molecule has 1 fully saturated rings. The number of hydrogen-bond donors (Lipinski definition) is 1. The van der Waals surface area contributed by atoms with E-state index in [-0.39, 0.29) is 0 Å². The summed E-state index contributed by atoms with van der Waals surface area (Å²) < 4.78 is 0. The van der Waals surface area contributed by atoms with E-state index in [0.29, 0.717) is 6.04 Å². The monoisotopic (exact) mass is 246 g/mol. The third kappa shape index (κ3) is 3.12. The summed E-state index contributed by atoms with van der Waals surface area (Å²) in [5.74, 6) is 0. The Morgan fingerprint density at radius 2 is 1.72 bits per heavy atom. The molecule has 2 nitrogen and oxygen atoms in total. The van der Waals surface area contributed by atoms with Crippen molar-refractivity contribution in [3.63, 3.8) is 0 Å². The number of hydrogen-bond acceptors (Lipinski definition) is 2. The van der Waals surface area contributed by atoms with Crippen molar-refractivity contribution >= 4 is 0 Å². The maximum Gasteiger partial charge on any atom is 0.0319 e. The first-order valence-electron chi connectivity index (χ1n) is 7.16.